The van der Waals surface area contributed by atoms with E-state index in [1.807, 2.05) is 34.6 Å². The van der Waals surface area contributed by atoms with E-state index in [-0.39, 0.29) is 12.6 Å². The molecular formula is C13H27NO3. The van der Waals surface area contributed by atoms with E-state index < -0.39 is 11.1 Å². The van der Waals surface area contributed by atoms with Crippen molar-refractivity contribution in [1.82, 2.24) is 0 Å². The number of ether oxygens (including phenoxy) is 1. The first-order valence-corrected chi connectivity index (χ1v) is 6.24. The van der Waals surface area contributed by atoms with Gasteiger partial charge < -0.3 is 15.6 Å². The molecule has 0 aromatic rings. The van der Waals surface area contributed by atoms with E-state index in [2.05, 4.69) is 0 Å². The zero-order valence-corrected chi connectivity index (χ0v) is 11.7. The fourth-order valence-electron chi connectivity index (χ4n) is 1.79. The van der Waals surface area contributed by atoms with Crippen molar-refractivity contribution in [3.63, 3.8) is 0 Å². The molecule has 3 N–H and O–H groups in total. The molecule has 0 rings (SSSR count). The van der Waals surface area contributed by atoms with Crippen molar-refractivity contribution >= 4 is 5.97 Å². The first-order chi connectivity index (χ1) is 7.60. The van der Waals surface area contributed by atoms with Gasteiger partial charge in [-0.1, -0.05) is 13.8 Å². The third kappa shape index (κ3) is 6.64. The molecule has 0 radical (unpaired) electrons. The number of esters is 1. The Balaban J connectivity index is 4.71. The van der Waals surface area contributed by atoms with E-state index in [1.54, 1.807) is 0 Å². The molecule has 0 heterocycles. The maximum atomic E-state index is 12.1. The van der Waals surface area contributed by atoms with Crippen molar-refractivity contribution in [2.75, 3.05) is 6.61 Å². The molecule has 0 amide bonds. The van der Waals surface area contributed by atoms with E-state index in [9.17, 15) is 4.79 Å². The van der Waals surface area contributed by atoms with Crippen LogP contribution < -0.4 is 5.73 Å². The second kappa shape index (κ2) is 6.36. The van der Waals surface area contributed by atoms with Gasteiger partial charge in [0.1, 0.15) is 11.1 Å². The lowest BCUT2D eigenvalue weighted by atomic mass is 9.85. The molecule has 0 fully saturated rings. The van der Waals surface area contributed by atoms with Crippen molar-refractivity contribution in [3.8, 4) is 0 Å². The SMILES string of the molecule is CC(C)C[C@](N)(CCCO)C(=O)OC(C)(C)C. The van der Waals surface area contributed by atoms with E-state index in [0.29, 0.717) is 25.2 Å². The normalized spacial score (nSPS) is 15.8. The highest BCUT2D eigenvalue weighted by molar-refractivity contribution is 5.80. The van der Waals surface area contributed by atoms with Crippen molar-refractivity contribution in [1.29, 1.82) is 0 Å². The number of rotatable bonds is 6. The molecule has 0 aromatic heterocycles. The van der Waals surface area contributed by atoms with Gasteiger partial charge in [-0.05, 0) is 46.0 Å². The predicted octanol–water partition coefficient (Wildman–Crippen LogP) is 1.84. The molecule has 0 aliphatic heterocycles. The van der Waals surface area contributed by atoms with Crippen molar-refractivity contribution in [2.45, 2.75) is 65.0 Å². The van der Waals surface area contributed by atoms with Gasteiger partial charge in [0.2, 0.25) is 0 Å². The topological polar surface area (TPSA) is 72.5 Å². The van der Waals surface area contributed by atoms with Crippen LogP contribution in [0.1, 0.15) is 53.9 Å². The van der Waals surface area contributed by atoms with Crippen LogP contribution in [0.3, 0.4) is 0 Å². The molecule has 17 heavy (non-hydrogen) atoms. The Morgan fingerprint density at radius 1 is 1.35 bits per heavy atom. The molecule has 0 aliphatic rings. The van der Waals surface area contributed by atoms with Crippen LogP contribution in [0.4, 0.5) is 0 Å². The minimum absolute atomic E-state index is 0.0415. The predicted molar refractivity (Wildman–Crippen MR) is 68.5 cm³/mol. The van der Waals surface area contributed by atoms with Crippen LogP contribution in [0.5, 0.6) is 0 Å². The second-order valence-corrected chi connectivity index (χ2v) is 6.08. The lowest BCUT2D eigenvalue weighted by molar-refractivity contribution is -0.162. The van der Waals surface area contributed by atoms with Crippen LogP contribution in [-0.4, -0.2) is 28.8 Å². The Morgan fingerprint density at radius 3 is 2.24 bits per heavy atom. The molecule has 0 spiro atoms. The highest BCUT2D eigenvalue weighted by Gasteiger charge is 2.37. The number of carbonyl (C=O) groups excluding carboxylic acids is 1. The van der Waals surface area contributed by atoms with Crippen LogP contribution >= 0.6 is 0 Å². The lowest BCUT2D eigenvalue weighted by Gasteiger charge is -2.32. The van der Waals surface area contributed by atoms with Crippen molar-refractivity contribution in [2.24, 2.45) is 11.7 Å². The highest BCUT2D eigenvalue weighted by atomic mass is 16.6. The molecular weight excluding hydrogens is 218 g/mol. The quantitative estimate of drug-likeness (QED) is 0.700. The summed E-state index contributed by atoms with van der Waals surface area (Å²) in [6.45, 7) is 9.56. The van der Waals surface area contributed by atoms with E-state index in [0.717, 1.165) is 0 Å². The van der Waals surface area contributed by atoms with Crippen LogP contribution in [0.25, 0.3) is 0 Å². The second-order valence-electron chi connectivity index (χ2n) is 6.08. The fraction of sp³-hybridized carbons (Fsp3) is 0.923. The Morgan fingerprint density at radius 2 is 1.88 bits per heavy atom. The van der Waals surface area contributed by atoms with Crippen LogP contribution in [-0.2, 0) is 9.53 Å². The molecule has 0 unspecified atom stereocenters. The summed E-state index contributed by atoms with van der Waals surface area (Å²) in [4.78, 5) is 12.1. The molecule has 1 atom stereocenters. The van der Waals surface area contributed by atoms with Gasteiger partial charge in [-0.3, -0.25) is 4.79 Å². The standard InChI is InChI=1S/C13H27NO3/c1-10(2)9-13(14,7-6-8-15)11(16)17-12(3,4)5/h10,15H,6-9,14H2,1-5H3/t13-/m1/s1. The monoisotopic (exact) mass is 245 g/mol. The van der Waals surface area contributed by atoms with Crippen LogP contribution in [0.2, 0.25) is 0 Å². The zero-order valence-electron chi connectivity index (χ0n) is 11.7. The molecule has 4 nitrogen and oxygen atoms in total. The van der Waals surface area contributed by atoms with Crippen molar-refractivity contribution < 1.29 is 14.6 Å². The number of aliphatic hydroxyl groups excluding tert-OH is 1. The van der Waals surface area contributed by atoms with Gasteiger partial charge in [-0.2, -0.15) is 0 Å². The molecule has 4 heteroatoms. The van der Waals surface area contributed by atoms with E-state index >= 15 is 0 Å². The van der Waals surface area contributed by atoms with Gasteiger partial charge in [0.05, 0.1) is 0 Å². The summed E-state index contributed by atoms with van der Waals surface area (Å²) in [7, 11) is 0. The third-order valence-corrected chi connectivity index (χ3v) is 2.36. The highest BCUT2D eigenvalue weighted by Crippen LogP contribution is 2.24. The number of hydrogen-bond acceptors (Lipinski definition) is 4. The van der Waals surface area contributed by atoms with Gasteiger partial charge in [0, 0.05) is 6.61 Å². The number of hydrogen-bond donors (Lipinski definition) is 2. The Bertz CT molecular complexity index is 246. The molecule has 0 saturated heterocycles. The first-order valence-electron chi connectivity index (χ1n) is 6.24. The summed E-state index contributed by atoms with van der Waals surface area (Å²) in [5, 5.41) is 8.87. The summed E-state index contributed by atoms with van der Waals surface area (Å²) in [6, 6.07) is 0. The number of aliphatic hydroxyl groups is 1. The lowest BCUT2D eigenvalue weighted by Crippen LogP contribution is -2.52. The van der Waals surface area contributed by atoms with Crippen LogP contribution in [0, 0.1) is 5.92 Å². The summed E-state index contributed by atoms with van der Waals surface area (Å²) in [5.74, 6) is -0.0571. The van der Waals surface area contributed by atoms with E-state index in [4.69, 9.17) is 15.6 Å². The minimum atomic E-state index is -0.982. The Kier molecular flexibility index (Phi) is 6.13. The number of nitrogens with two attached hydrogens (primary N) is 1. The van der Waals surface area contributed by atoms with Gasteiger partial charge in [0.15, 0.2) is 0 Å². The molecule has 0 saturated carbocycles. The summed E-state index contributed by atoms with van der Waals surface area (Å²) >= 11 is 0. The van der Waals surface area contributed by atoms with Crippen LogP contribution in [0.15, 0.2) is 0 Å². The van der Waals surface area contributed by atoms with E-state index in [1.165, 1.54) is 0 Å². The Hall–Kier alpha value is -0.610. The first kappa shape index (κ1) is 16.4. The summed E-state index contributed by atoms with van der Waals surface area (Å²) < 4.78 is 5.36. The average molecular weight is 245 g/mol. The zero-order chi connectivity index (χ0) is 13.7. The third-order valence-electron chi connectivity index (χ3n) is 2.36. The minimum Gasteiger partial charge on any atom is -0.459 e. The maximum Gasteiger partial charge on any atom is 0.326 e. The molecule has 0 aromatic carbocycles. The smallest absolute Gasteiger partial charge is 0.326 e. The largest absolute Gasteiger partial charge is 0.459 e. The van der Waals surface area contributed by atoms with Gasteiger partial charge >= 0.3 is 5.97 Å². The molecule has 102 valence electrons. The molecule has 0 aliphatic carbocycles. The Labute approximate surface area is 105 Å². The average Bonchev–Trinajstić information content (AvgIpc) is 2.10. The van der Waals surface area contributed by atoms with Gasteiger partial charge in [-0.15, -0.1) is 0 Å². The van der Waals surface area contributed by atoms with Gasteiger partial charge in [0.25, 0.3) is 0 Å². The van der Waals surface area contributed by atoms with Crippen molar-refractivity contribution in [3.05, 3.63) is 0 Å². The summed E-state index contributed by atoms with van der Waals surface area (Å²) in [6.07, 6.45) is 1.54. The molecule has 0 bridgehead atoms. The maximum absolute atomic E-state index is 12.1. The number of carbonyl (C=O) groups is 1. The fourth-order valence-corrected chi connectivity index (χ4v) is 1.79. The summed E-state index contributed by atoms with van der Waals surface area (Å²) in [5.41, 5.74) is 4.64. The van der Waals surface area contributed by atoms with Gasteiger partial charge in [-0.25, -0.2) is 0 Å².